The predicted molar refractivity (Wildman–Crippen MR) is 298 cm³/mol. The molecule has 0 bridgehead atoms. The van der Waals surface area contributed by atoms with E-state index in [1.165, 1.54) is 53.3 Å². The molecule has 1 amide bonds. The highest BCUT2D eigenvalue weighted by molar-refractivity contribution is 7.90. The number of benzene rings is 4. The second-order valence-electron chi connectivity index (χ2n) is 23.8. The van der Waals surface area contributed by atoms with Crippen molar-refractivity contribution in [3.63, 3.8) is 0 Å². The molecule has 6 aromatic rings. The largest absolute Gasteiger partial charge is 0.487 e. The van der Waals surface area contributed by atoms with Crippen molar-refractivity contribution >= 4 is 44.0 Å². The number of anilines is 2. The number of nitro groups is 1. The van der Waals surface area contributed by atoms with E-state index in [9.17, 15) is 32.8 Å². The fraction of sp³-hybridized carbons (Fsp3) is 0.467. The first kappa shape index (κ1) is 52.9. The molecule has 6 fully saturated rings. The molecule has 12 rings (SSSR count). The molecule has 0 radical (unpaired) electrons. The Labute approximate surface area is 460 Å². The van der Waals surface area contributed by atoms with Crippen molar-refractivity contribution < 1.29 is 41.8 Å². The Balaban J connectivity index is 0.742. The number of piperazine rings is 1. The zero-order valence-electron chi connectivity index (χ0n) is 45.0. The summed E-state index contributed by atoms with van der Waals surface area (Å²) in [5, 5.41) is 25.9. The van der Waals surface area contributed by atoms with Gasteiger partial charge in [0.15, 0.2) is 11.5 Å². The highest BCUT2D eigenvalue weighted by Crippen LogP contribution is 2.54. The van der Waals surface area contributed by atoms with Crippen LogP contribution in [0, 0.1) is 27.3 Å². The Morgan fingerprint density at radius 3 is 2.41 bits per heavy atom. The number of halogens is 1. The summed E-state index contributed by atoms with van der Waals surface area (Å²) in [5.41, 5.74) is 3.96. The Morgan fingerprint density at radius 1 is 0.924 bits per heavy atom. The standard InChI is InChI=1S/C60H69FN8O9S/c1-37(2)46-6-4-5-7-47(46)53-34-66(33-39-8-17-54(76-42-10-11-42)56(24-39)77-43-12-13-43)22-23-68(53)41-28-60(29-41)35-67(36-60)40-9-15-48(55(25-40)78-44-26-49-50(61)32-64-57(49)63-31-44)58(70)65-79(74,75)45-14-16-51(52(27-45)69(72)73)62-30-38-18-20-59(3,71)21-19-38/h4-9,14-17,24-27,31-32,37-38,41-43,53,62,71H,10-13,18-23,28-30,33-36H2,1-3H3,(H,63,64)(H,65,70). The SMILES string of the molecule is CC(C)c1ccccc1C1CN(Cc2ccc(OC3CC3)c(OC3CC3)c2)CCN1C1CC2(C1)CN(c1ccc(C(=O)NS(=O)(=O)c3ccc(NCC4CCC(C)(O)CC4)c([N+](=O)[O-])c3)c(Oc3cnc4[nH]cc(F)c4c3)c1)C2. The minimum absolute atomic E-state index is 0.0169. The molecule has 2 aromatic heterocycles. The third-order valence-electron chi connectivity index (χ3n) is 17.1. The molecule has 1 unspecified atom stereocenters. The average Bonchev–Trinajstić information content (AvgIpc) is 4.53. The number of carbonyl (C=O) groups excluding carboxylic acids is 1. The lowest BCUT2D eigenvalue weighted by Crippen LogP contribution is -2.68. The van der Waals surface area contributed by atoms with E-state index in [-0.39, 0.29) is 51.6 Å². The molecule has 2 saturated heterocycles. The molecule has 416 valence electrons. The third kappa shape index (κ3) is 11.5. The summed E-state index contributed by atoms with van der Waals surface area (Å²) in [6, 6.07) is 25.9. The summed E-state index contributed by atoms with van der Waals surface area (Å²) in [4.78, 5) is 39.9. The molecule has 79 heavy (non-hydrogen) atoms. The predicted octanol–water partition coefficient (Wildman–Crippen LogP) is 10.6. The van der Waals surface area contributed by atoms with E-state index in [4.69, 9.17) is 14.2 Å². The maximum atomic E-state index is 14.8. The van der Waals surface area contributed by atoms with Crippen molar-refractivity contribution in [2.75, 3.05) is 49.5 Å². The van der Waals surface area contributed by atoms with Gasteiger partial charge < -0.3 is 34.5 Å². The lowest BCUT2D eigenvalue weighted by Gasteiger charge is -2.63. The van der Waals surface area contributed by atoms with Crippen LogP contribution in [0.15, 0.2) is 102 Å². The number of nitrogens with zero attached hydrogens (tertiary/aromatic N) is 5. The van der Waals surface area contributed by atoms with E-state index >= 15 is 0 Å². The van der Waals surface area contributed by atoms with Crippen LogP contribution in [0.3, 0.4) is 0 Å². The van der Waals surface area contributed by atoms with Crippen molar-refractivity contribution in [2.45, 2.75) is 132 Å². The van der Waals surface area contributed by atoms with Crippen LogP contribution in [0.2, 0.25) is 0 Å². The lowest BCUT2D eigenvalue weighted by atomic mass is 9.59. The molecular weight excluding hydrogens is 1030 g/mol. The van der Waals surface area contributed by atoms with Gasteiger partial charge in [-0.1, -0.05) is 44.2 Å². The van der Waals surface area contributed by atoms with Crippen LogP contribution in [0.1, 0.15) is 124 Å². The highest BCUT2D eigenvalue weighted by atomic mass is 32.2. The number of H-pyrrole nitrogens is 1. The van der Waals surface area contributed by atoms with Crippen LogP contribution in [-0.2, 0) is 16.6 Å². The smallest absolute Gasteiger partial charge is 0.293 e. The molecular formula is C60H69FN8O9S. The molecule has 4 aliphatic carbocycles. The lowest BCUT2D eigenvalue weighted by molar-refractivity contribution is -0.384. The fourth-order valence-corrected chi connectivity index (χ4v) is 13.3. The summed E-state index contributed by atoms with van der Waals surface area (Å²) in [7, 11) is -4.65. The quantitative estimate of drug-likeness (QED) is 0.0440. The minimum Gasteiger partial charge on any atom is -0.487 e. The van der Waals surface area contributed by atoms with Gasteiger partial charge in [0.1, 0.15) is 28.7 Å². The number of ether oxygens (including phenoxy) is 3. The number of hydrogen-bond donors (Lipinski definition) is 4. The first-order chi connectivity index (χ1) is 37.9. The second kappa shape index (κ2) is 21.0. The zero-order chi connectivity index (χ0) is 54.8. The van der Waals surface area contributed by atoms with Crippen molar-refractivity contribution in [1.29, 1.82) is 0 Å². The number of nitro benzene ring substituents is 1. The summed E-state index contributed by atoms with van der Waals surface area (Å²) >= 11 is 0. The van der Waals surface area contributed by atoms with Crippen molar-refractivity contribution in [2.24, 2.45) is 11.3 Å². The van der Waals surface area contributed by atoms with Gasteiger partial charge in [0, 0.05) is 87.3 Å². The zero-order valence-corrected chi connectivity index (χ0v) is 45.8. The van der Waals surface area contributed by atoms with Gasteiger partial charge >= 0.3 is 0 Å². The second-order valence-corrected chi connectivity index (χ2v) is 25.5. The molecule has 1 atom stereocenters. The van der Waals surface area contributed by atoms with Gasteiger partial charge in [0.2, 0.25) is 0 Å². The van der Waals surface area contributed by atoms with Crippen molar-refractivity contribution in [1.82, 2.24) is 24.5 Å². The van der Waals surface area contributed by atoms with E-state index in [1.54, 1.807) is 19.1 Å². The van der Waals surface area contributed by atoms with E-state index < -0.39 is 42.9 Å². The fourth-order valence-electron chi connectivity index (χ4n) is 12.3. The number of fused-ring (bicyclic) bond motifs is 1. The van der Waals surface area contributed by atoms with Gasteiger partial charge in [-0.2, -0.15) is 0 Å². The van der Waals surface area contributed by atoms with E-state index in [2.05, 4.69) is 91.0 Å². The average molecular weight is 1100 g/mol. The third-order valence-corrected chi connectivity index (χ3v) is 18.4. The Hall–Kier alpha value is -6.80. The molecule has 2 aliphatic heterocycles. The van der Waals surface area contributed by atoms with Crippen LogP contribution in [0.25, 0.3) is 11.0 Å². The normalized spacial score (nSPS) is 22.6. The number of sulfonamides is 1. The Kier molecular flexibility index (Phi) is 14.1. The van der Waals surface area contributed by atoms with Gasteiger partial charge in [-0.25, -0.2) is 22.5 Å². The van der Waals surface area contributed by atoms with Crippen LogP contribution < -0.4 is 29.1 Å². The number of nitrogens with one attached hydrogen (secondary N) is 3. The summed E-state index contributed by atoms with van der Waals surface area (Å²) in [5.74, 6) is 0.842. The van der Waals surface area contributed by atoms with Crippen LogP contribution in [0.5, 0.6) is 23.0 Å². The molecule has 19 heteroatoms. The minimum atomic E-state index is -4.65. The van der Waals surface area contributed by atoms with E-state index in [0.717, 1.165) is 114 Å². The summed E-state index contributed by atoms with van der Waals surface area (Å²) in [6.45, 7) is 11.9. The van der Waals surface area contributed by atoms with Gasteiger partial charge in [-0.05, 0) is 142 Å². The van der Waals surface area contributed by atoms with Gasteiger partial charge in [0.25, 0.3) is 21.6 Å². The van der Waals surface area contributed by atoms with Gasteiger partial charge in [-0.3, -0.25) is 24.7 Å². The summed E-state index contributed by atoms with van der Waals surface area (Å²) in [6.07, 6.45) is 12.3. The molecule has 4 saturated carbocycles. The number of pyridine rings is 1. The van der Waals surface area contributed by atoms with Crippen LogP contribution in [-0.4, -0.2) is 107 Å². The molecule has 6 aliphatic rings. The maximum absolute atomic E-state index is 14.8. The molecule has 4 aromatic carbocycles. The molecule has 4 heterocycles. The maximum Gasteiger partial charge on any atom is 0.293 e. The summed E-state index contributed by atoms with van der Waals surface area (Å²) < 4.78 is 63.6. The van der Waals surface area contributed by atoms with Crippen molar-refractivity contribution in [3.05, 3.63) is 136 Å². The molecule has 4 N–H and O–H groups in total. The van der Waals surface area contributed by atoms with Crippen LogP contribution in [0.4, 0.5) is 21.5 Å². The molecule has 1 spiro atoms. The number of amides is 1. The topological polar surface area (TPSA) is 205 Å². The Morgan fingerprint density at radius 2 is 1.67 bits per heavy atom. The first-order valence-electron chi connectivity index (χ1n) is 28.0. The number of hydrogen-bond acceptors (Lipinski definition) is 14. The van der Waals surface area contributed by atoms with Crippen molar-refractivity contribution in [3.8, 4) is 23.0 Å². The molecule has 17 nitrogen and oxygen atoms in total. The number of aromatic nitrogens is 2. The number of aliphatic hydroxyl groups is 1. The van der Waals surface area contributed by atoms with E-state index in [0.29, 0.717) is 43.1 Å². The van der Waals surface area contributed by atoms with Gasteiger partial charge in [0.05, 0.1) is 44.8 Å². The first-order valence-corrected chi connectivity index (χ1v) is 29.5. The van der Waals surface area contributed by atoms with Crippen LogP contribution >= 0.6 is 0 Å². The van der Waals surface area contributed by atoms with E-state index in [1.807, 2.05) is 0 Å². The number of rotatable bonds is 19. The number of aromatic amines is 1. The van der Waals surface area contributed by atoms with Gasteiger partial charge in [-0.15, -0.1) is 0 Å². The highest BCUT2D eigenvalue weighted by Gasteiger charge is 2.55. The monoisotopic (exact) mass is 1100 g/mol. The number of carbonyl (C=O) groups is 1. The Bertz CT molecular complexity index is 3390.